The molecule has 0 spiro atoms. The molecule has 0 aliphatic carbocycles. The fourth-order valence-electron chi connectivity index (χ4n) is 4.63. The van der Waals surface area contributed by atoms with Gasteiger partial charge in [-0.15, -0.1) is 11.3 Å². The monoisotopic (exact) mass is 508 g/mol. The van der Waals surface area contributed by atoms with Crippen LogP contribution in [0.15, 0.2) is 72.4 Å². The Bertz CT molecular complexity index is 1530. The summed E-state index contributed by atoms with van der Waals surface area (Å²) < 4.78 is 6.61. The van der Waals surface area contributed by atoms with Crippen molar-refractivity contribution in [3.63, 3.8) is 0 Å². The largest absolute Gasteiger partial charge is 0.378 e. The quantitative estimate of drug-likeness (QED) is 0.295. The van der Waals surface area contributed by atoms with E-state index in [1.807, 2.05) is 30.8 Å². The van der Waals surface area contributed by atoms with Crippen LogP contribution in [0.25, 0.3) is 32.6 Å². The van der Waals surface area contributed by atoms with Gasteiger partial charge in [0.2, 0.25) is 0 Å². The highest BCUT2D eigenvalue weighted by Gasteiger charge is 2.14. The lowest BCUT2D eigenvalue weighted by molar-refractivity contribution is 0.122. The molecule has 1 fully saturated rings. The molecule has 186 valence electrons. The average Bonchev–Trinajstić information content (AvgIpc) is 3.41. The van der Waals surface area contributed by atoms with Crippen molar-refractivity contribution in [1.82, 2.24) is 19.9 Å². The molecule has 1 N–H and O–H groups in total. The molecule has 0 bridgehead atoms. The number of ether oxygens (including phenoxy) is 1. The molecular formula is C29H28N6OS. The van der Waals surface area contributed by atoms with Gasteiger partial charge < -0.3 is 15.0 Å². The second-order valence-corrected chi connectivity index (χ2v) is 10.1. The van der Waals surface area contributed by atoms with E-state index < -0.39 is 0 Å². The number of hydrogen-bond acceptors (Lipinski definition) is 8. The van der Waals surface area contributed by atoms with Crippen molar-refractivity contribution in [3.8, 4) is 22.4 Å². The van der Waals surface area contributed by atoms with Gasteiger partial charge in [-0.05, 0) is 55.3 Å². The van der Waals surface area contributed by atoms with Gasteiger partial charge in [-0.2, -0.15) is 0 Å². The summed E-state index contributed by atoms with van der Waals surface area (Å²) in [6, 6.07) is 21.2. The van der Waals surface area contributed by atoms with Crippen LogP contribution in [0.1, 0.15) is 24.4 Å². The van der Waals surface area contributed by atoms with Crippen LogP contribution in [0.3, 0.4) is 0 Å². The van der Waals surface area contributed by atoms with Crippen molar-refractivity contribution in [2.45, 2.75) is 19.9 Å². The Morgan fingerprint density at radius 3 is 2.62 bits per heavy atom. The van der Waals surface area contributed by atoms with Crippen LogP contribution in [-0.2, 0) is 4.74 Å². The van der Waals surface area contributed by atoms with E-state index in [1.165, 1.54) is 5.56 Å². The van der Waals surface area contributed by atoms with Crippen LogP contribution in [-0.4, -0.2) is 46.2 Å². The Hall–Kier alpha value is -3.88. The molecule has 37 heavy (non-hydrogen) atoms. The van der Waals surface area contributed by atoms with E-state index in [4.69, 9.17) is 9.72 Å². The first-order valence-electron chi connectivity index (χ1n) is 12.5. The van der Waals surface area contributed by atoms with Crippen LogP contribution in [0.2, 0.25) is 0 Å². The zero-order chi connectivity index (χ0) is 25.2. The Kier molecular flexibility index (Phi) is 6.51. The van der Waals surface area contributed by atoms with Gasteiger partial charge in [-0.1, -0.05) is 24.3 Å². The van der Waals surface area contributed by atoms with Crippen LogP contribution < -0.4 is 10.2 Å². The van der Waals surface area contributed by atoms with Crippen molar-refractivity contribution >= 4 is 33.2 Å². The molecule has 1 unspecified atom stereocenters. The Labute approximate surface area is 220 Å². The summed E-state index contributed by atoms with van der Waals surface area (Å²) >= 11 is 1.64. The maximum absolute atomic E-state index is 5.45. The SMILES string of the molecule is Cc1nc(NC(C)c2cccc(-c3ccc(N4CCOCC4)nc3)c2)cc(-c2ccc3ncsc3c2)n1. The third-order valence-electron chi connectivity index (χ3n) is 6.63. The van der Waals surface area contributed by atoms with E-state index in [0.29, 0.717) is 0 Å². The van der Waals surface area contributed by atoms with Gasteiger partial charge in [0, 0.05) is 42.5 Å². The lowest BCUT2D eigenvalue weighted by Gasteiger charge is -2.27. The molecule has 0 saturated carbocycles. The second kappa shape index (κ2) is 10.2. The average molecular weight is 509 g/mol. The summed E-state index contributed by atoms with van der Waals surface area (Å²) in [5, 5.41) is 3.58. The fraction of sp³-hybridized carbons (Fsp3) is 0.241. The maximum atomic E-state index is 5.45. The first-order chi connectivity index (χ1) is 18.1. The standard InChI is InChI=1S/C29H28N6OS/c1-19(32-28-16-26(33-20(2)34-28)23-6-8-25-27(15-23)37-18-31-25)21-4-3-5-22(14-21)24-7-9-29(30-17-24)35-10-12-36-13-11-35/h3-9,14-19H,10-13H2,1-2H3,(H,32,33,34). The number of aryl methyl sites for hydroxylation is 1. The van der Waals surface area contributed by atoms with Gasteiger partial charge in [0.15, 0.2) is 0 Å². The Morgan fingerprint density at radius 2 is 1.78 bits per heavy atom. The maximum Gasteiger partial charge on any atom is 0.130 e. The molecule has 5 aromatic rings. The summed E-state index contributed by atoms with van der Waals surface area (Å²) in [6.45, 7) is 7.36. The number of morpholine rings is 1. The van der Waals surface area contributed by atoms with Gasteiger partial charge in [0.25, 0.3) is 0 Å². The molecule has 2 aromatic carbocycles. The molecule has 0 radical (unpaired) electrons. The predicted molar refractivity (Wildman–Crippen MR) is 150 cm³/mol. The second-order valence-electron chi connectivity index (χ2n) is 9.22. The molecule has 1 atom stereocenters. The third-order valence-corrected chi connectivity index (χ3v) is 7.42. The van der Waals surface area contributed by atoms with Gasteiger partial charge in [0.05, 0.1) is 34.6 Å². The van der Waals surface area contributed by atoms with Crippen molar-refractivity contribution in [3.05, 3.63) is 83.8 Å². The van der Waals surface area contributed by atoms with E-state index in [9.17, 15) is 0 Å². The van der Waals surface area contributed by atoms with Crippen molar-refractivity contribution in [2.24, 2.45) is 0 Å². The van der Waals surface area contributed by atoms with Crippen LogP contribution in [0.5, 0.6) is 0 Å². The Balaban J connectivity index is 1.21. The zero-order valence-electron chi connectivity index (χ0n) is 20.9. The van der Waals surface area contributed by atoms with E-state index in [1.54, 1.807) is 11.3 Å². The van der Waals surface area contributed by atoms with E-state index in [-0.39, 0.29) is 6.04 Å². The topological polar surface area (TPSA) is 76.1 Å². The van der Waals surface area contributed by atoms with E-state index in [2.05, 4.69) is 80.6 Å². The number of pyridine rings is 1. The molecular weight excluding hydrogens is 480 g/mol. The number of thiazole rings is 1. The summed E-state index contributed by atoms with van der Waals surface area (Å²) in [6.07, 6.45) is 1.96. The summed E-state index contributed by atoms with van der Waals surface area (Å²) in [5.41, 5.74) is 8.27. The Morgan fingerprint density at radius 1 is 0.919 bits per heavy atom. The van der Waals surface area contributed by atoms with Crippen molar-refractivity contribution < 1.29 is 4.74 Å². The predicted octanol–water partition coefficient (Wildman–Crippen LogP) is 6.13. The van der Waals surface area contributed by atoms with Crippen LogP contribution in [0, 0.1) is 6.92 Å². The molecule has 6 rings (SSSR count). The summed E-state index contributed by atoms with van der Waals surface area (Å²) in [7, 11) is 0. The highest BCUT2D eigenvalue weighted by Crippen LogP contribution is 2.29. The number of nitrogens with zero attached hydrogens (tertiary/aromatic N) is 5. The van der Waals surface area contributed by atoms with Crippen LogP contribution >= 0.6 is 11.3 Å². The zero-order valence-corrected chi connectivity index (χ0v) is 21.7. The van der Waals surface area contributed by atoms with Gasteiger partial charge in [-0.25, -0.2) is 19.9 Å². The number of nitrogens with one attached hydrogen (secondary N) is 1. The number of hydrogen-bond donors (Lipinski definition) is 1. The smallest absolute Gasteiger partial charge is 0.130 e. The number of fused-ring (bicyclic) bond motifs is 1. The lowest BCUT2D eigenvalue weighted by atomic mass is 10.0. The van der Waals surface area contributed by atoms with Gasteiger partial charge in [0.1, 0.15) is 17.5 Å². The fourth-order valence-corrected chi connectivity index (χ4v) is 5.35. The molecule has 4 heterocycles. The number of benzene rings is 2. The minimum absolute atomic E-state index is 0.0617. The molecule has 3 aromatic heterocycles. The minimum Gasteiger partial charge on any atom is -0.378 e. The van der Waals surface area contributed by atoms with Crippen molar-refractivity contribution in [2.75, 3.05) is 36.5 Å². The van der Waals surface area contributed by atoms with Crippen molar-refractivity contribution in [1.29, 1.82) is 0 Å². The lowest BCUT2D eigenvalue weighted by Crippen LogP contribution is -2.36. The third kappa shape index (κ3) is 5.16. The molecule has 8 heteroatoms. The van der Waals surface area contributed by atoms with Gasteiger partial charge in [-0.3, -0.25) is 0 Å². The molecule has 0 amide bonds. The number of rotatable bonds is 6. The highest BCUT2D eigenvalue weighted by atomic mass is 32.1. The van der Waals surface area contributed by atoms with Crippen LogP contribution in [0.4, 0.5) is 11.6 Å². The molecule has 1 aliphatic heterocycles. The molecule has 7 nitrogen and oxygen atoms in total. The van der Waals surface area contributed by atoms with Gasteiger partial charge >= 0.3 is 0 Å². The number of anilines is 2. The first kappa shape index (κ1) is 23.5. The summed E-state index contributed by atoms with van der Waals surface area (Å²) in [5.74, 6) is 2.54. The number of aromatic nitrogens is 4. The molecule has 1 saturated heterocycles. The first-order valence-corrected chi connectivity index (χ1v) is 13.4. The minimum atomic E-state index is 0.0617. The molecule has 1 aliphatic rings. The summed E-state index contributed by atoms with van der Waals surface area (Å²) in [4.78, 5) is 20.7. The highest BCUT2D eigenvalue weighted by molar-refractivity contribution is 7.16. The van der Waals surface area contributed by atoms with E-state index >= 15 is 0 Å². The van der Waals surface area contributed by atoms with E-state index in [0.717, 1.165) is 76.4 Å². The normalized spacial score (nSPS) is 14.6.